The van der Waals surface area contributed by atoms with E-state index in [1.807, 2.05) is 18.6 Å². The van der Waals surface area contributed by atoms with Crippen molar-refractivity contribution in [1.82, 2.24) is 14.9 Å². The number of nitrogens with zero attached hydrogens (tertiary/aromatic N) is 3. The van der Waals surface area contributed by atoms with Gasteiger partial charge in [-0.2, -0.15) is 0 Å². The van der Waals surface area contributed by atoms with Crippen LogP contribution in [0.5, 0.6) is 0 Å². The Balaban J connectivity index is 0.000000349. The number of fused-ring (bicyclic) bond motifs is 2. The zero-order valence-electron chi connectivity index (χ0n) is 20.9. The van der Waals surface area contributed by atoms with E-state index in [9.17, 15) is 9.59 Å². The molecule has 0 saturated carbocycles. The number of carboxylic acids is 2. The first-order chi connectivity index (χ1) is 17.9. The Morgan fingerprint density at radius 1 is 0.919 bits per heavy atom. The molecule has 1 aliphatic heterocycles. The molecule has 37 heavy (non-hydrogen) atoms. The summed E-state index contributed by atoms with van der Waals surface area (Å²) < 4.78 is 0. The lowest BCUT2D eigenvalue weighted by Crippen LogP contribution is -2.30. The molecule has 1 fully saturated rings. The summed E-state index contributed by atoms with van der Waals surface area (Å²) >= 11 is 0. The summed E-state index contributed by atoms with van der Waals surface area (Å²) in [6, 6.07) is 15.5. The van der Waals surface area contributed by atoms with Crippen molar-refractivity contribution in [3.63, 3.8) is 0 Å². The van der Waals surface area contributed by atoms with Crippen LogP contribution in [0, 0.1) is 6.92 Å². The molecule has 2 aromatic heterocycles. The summed E-state index contributed by atoms with van der Waals surface area (Å²) in [5.74, 6) is -2.51. The SMILES string of the molecule is Cc1cncc(CN2CCC(=C3c4ccccc4CCc4cccnc43)CC2)c1.O=C(O)/C=C/C(=O)O. The van der Waals surface area contributed by atoms with Crippen LogP contribution in [-0.4, -0.2) is 50.1 Å². The first-order valence-corrected chi connectivity index (χ1v) is 12.4. The molecular weight excluding hydrogens is 466 g/mol. The van der Waals surface area contributed by atoms with Gasteiger partial charge in [-0.3, -0.25) is 14.9 Å². The van der Waals surface area contributed by atoms with Crippen molar-refractivity contribution in [1.29, 1.82) is 0 Å². The number of hydrogen-bond acceptors (Lipinski definition) is 5. The summed E-state index contributed by atoms with van der Waals surface area (Å²) in [7, 11) is 0. The Bertz CT molecular complexity index is 1270. The second-order valence-electron chi connectivity index (χ2n) is 9.30. The molecular formula is C30H31N3O4. The summed E-state index contributed by atoms with van der Waals surface area (Å²) in [6.45, 7) is 5.29. The minimum atomic E-state index is -1.26. The van der Waals surface area contributed by atoms with Crippen LogP contribution in [0.4, 0.5) is 0 Å². The Kier molecular flexibility index (Phi) is 8.59. The predicted molar refractivity (Wildman–Crippen MR) is 142 cm³/mol. The molecule has 0 radical (unpaired) electrons. The van der Waals surface area contributed by atoms with Gasteiger partial charge >= 0.3 is 11.9 Å². The third-order valence-corrected chi connectivity index (χ3v) is 6.60. The highest BCUT2D eigenvalue weighted by Gasteiger charge is 2.24. The van der Waals surface area contributed by atoms with Crippen LogP contribution in [0.15, 0.2) is 78.8 Å². The molecule has 0 spiro atoms. The fraction of sp³-hybridized carbons (Fsp3) is 0.267. The molecule has 190 valence electrons. The highest BCUT2D eigenvalue weighted by molar-refractivity contribution is 5.89. The van der Waals surface area contributed by atoms with Gasteiger partial charge in [-0.05, 0) is 66.5 Å². The number of piperidine rings is 1. The number of aryl methyl sites for hydroxylation is 3. The van der Waals surface area contributed by atoms with Crippen LogP contribution in [0.2, 0.25) is 0 Å². The van der Waals surface area contributed by atoms with E-state index in [4.69, 9.17) is 15.2 Å². The maximum atomic E-state index is 9.55. The minimum absolute atomic E-state index is 0.558. The number of carboxylic acid groups (broad SMARTS) is 2. The number of likely N-dealkylation sites (tertiary alicyclic amines) is 1. The summed E-state index contributed by atoms with van der Waals surface area (Å²) in [5, 5.41) is 15.6. The van der Waals surface area contributed by atoms with Crippen molar-refractivity contribution in [2.75, 3.05) is 13.1 Å². The van der Waals surface area contributed by atoms with Crippen LogP contribution in [0.25, 0.3) is 5.57 Å². The number of carbonyl (C=O) groups is 2. The highest BCUT2D eigenvalue weighted by Crippen LogP contribution is 2.37. The van der Waals surface area contributed by atoms with Gasteiger partial charge in [-0.1, -0.05) is 42.0 Å². The van der Waals surface area contributed by atoms with E-state index in [2.05, 4.69) is 59.3 Å². The van der Waals surface area contributed by atoms with Crippen molar-refractivity contribution >= 4 is 17.5 Å². The molecule has 2 aliphatic rings. The fourth-order valence-corrected chi connectivity index (χ4v) is 4.94. The van der Waals surface area contributed by atoms with E-state index in [-0.39, 0.29) is 0 Å². The molecule has 7 heteroatoms. The number of rotatable bonds is 4. The molecule has 0 atom stereocenters. The Hall–Kier alpha value is -4.10. The number of hydrogen-bond donors (Lipinski definition) is 2. The summed E-state index contributed by atoms with van der Waals surface area (Å²) in [6.07, 6.45) is 11.4. The standard InChI is InChI=1S/C26H27N3.C4H4O4/c1-19-15-20(17-27-16-19)18-29-13-10-22(11-14-29)25-24-7-3-2-5-21(24)8-9-23-6-4-12-28-26(23)25;5-3(6)1-2-4(7)8/h2-7,12,15-17H,8-11,13-14,18H2,1H3;1-2H,(H,5,6)(H,7,8)/b;2-1+. The Labute approximate surface area is 216 Å². The van der Waals surface area contributed by atoms with Gasteiger partial charge in [0.2, 0.25) is 0 Å². The topological polar surface area (TPSA) is 104 Å². The third kappa shape index (κ3) is 6.98. The number of pyridine rings is 2. The average Bonchev–Trinajstić information content (AvgIpc) is 3.05. The fourth-order valence-electron chi connectivity index (χ4n) is 4.94. The monoisotopic (exact) mass is 497 g/mol. The predicted octanol–water partition coefficient (Wildman–Crippen LogP) is 4.69. The number of aromatic nitrogens is 2. The van der Waals surface area contributed by atoms with Crippen molar-refractivity contribution in [3.05, 3.63) is 112 Å². The molecule has 3 heterocycles. The Morgan fingerprint density at radius 3 is 2.30 bits per heavy atom. The first kappa shape index (κ1) is 26.0. The highest BCUT2D eigenvalue weighted by atomic mass is 16.4. The van der Waals surface area contributed by atoms with Crippen molar-refractivity contribution in [2.45, 2.75) is 39.2 Å². The lowest BCUT2D eigenvalue weighted by Gasteiger charge is -2.30. The Morgan fingerprint density at radius 2 is 1.59 bits per heavy atom. The van der Waals surface area contributed by atoms with E-state index >= 15 is 0 Å². The smallest absolute Gasteiger partial charge is 0.328 e. The van der Waals surface area contributed by atoms with E-state index in [0.29, 0.717) is 12.2 Å². The normalized spacial score (nSPS) is 15.3. The van der Waals surface area contributed by atoms with Crippen LogP contribution < -0.4 is 0 Å². The van der Waals surface area contributed by atoms with Gasteiger partial charge in [-0.25, -0.2) is 9.59 Å². The third-order valence-electron chi connectivity index (χ3n) is 6.60. The lowest BCUT2D eigenvalue weighted by atomic mass is 9.88. The van der Waals surface area contributed by atoms with Crippen LogP contribution in [0.3, 0.4) is 0 Å². The quantitative estimate of drug-likeness (QED) is 0.504. The molecule has 1 aliphatic carbocycles. The van der Waals surface area contributed by atoms with E-state index in [0.717, 1.165) is 45.3 Å². The van der Waals surface area contributed by atoms with Gasteiger partial charge in [0.25, 0.3) is 0 Å². The second kappa shape index (κ2) is 12.2. The maximum absolute atomic E-state index is 9.55. The van der Waals surface area contributed by atoms with Crippen LogP contribution in [0.1, 0.15) is 46.4 Å². The van der Waals surface area contributed by atoms with Gasteiger partial charge in [0.1, 0.15) is 0 Å². The molecule has 0 bridgehead atoms. The van der Waals surface area contributed by atoms with Gasteiger partial charge in [0, 0.05) is 55.9 Å². The van der Waals surface area contributed by atoms with Crippen molar-refractivity contribution < 1.29 is 19.8 Å². The minimum Gasteiger partial charge on any atom is -0.478 e. The molecule has 5 rings (SSSR count). The average molecular weight is 498 g/mol. The molecule has 1 saturated heterocycles. The summed E-state index contributed by atoms with van der Waals surface area (Å²) in [4.78, 5) is 30.9. The lowest BCUT2D eigenvalue weighted by molar-refractivity contribution is -0.134. The van der Waals surface area contributed by atoms with E-state index in [1.54, 1.807) is 5.57 Å². The van der Waals surface area contributed by atoms with E-state index < -0.39 is 11.9 Å². The van der Waals surface area contributed by atoms with Gasteiger partial charge in [-0.15, -0.1) is 0 Å². The number of benzene rings is 1. The molecule has 0 amide bonds. The van der Waals surface area contributed by atoms with Gasteiger partial charge in [0.15, 0.2) is 0 Å². The van der Waals surface area contributed by atoms with Gasteiger partial charge in [0.05, 0.1) is 5.69 Å². The molecule has 7 nitrogen and oxygen atoms in total. The largest absolute Gasteiger partial charge is 0.478 e. The van der Waals surface area contributed by atoms with Crippen molar-refractivity contribution in [3.8, 4) is 0 Å². The zero-order valence-corrected chi connectivity index (χ0v) is 20.9. The second-order valence-corrected chi connectivity index (χ2v) is 9.30. The maximum Gasteiger partial charge on any atom is 0.328 e. The summed E-state index contributed by atoms with van der Waals surface area (Å²) in [5.41, 5.74) is 11.0. The van der Waals surface area contributed by atoms with E-state index in [1.165, 1.54) is 39.1 Å². The molecule has 2 N–H and O–H groups in total. The molecule has 0 unspecified atom stereocenters. The van der Waals surface area contributed by atoms with Crippen LogP contribution in [-0.2, 0) is 29.0 Å². The van der Waals surface area contributed by atoms with Crippen LogP contribution >= 0.6 is 0 Å². The molecule has 3 aromatic rings. The zero-order chi connectivity index (χ0) is 26.2. The number of aliphatic carboxylic acids is 2. The van der Waals surface area contributed by atoms with Gasteiger partial charge < -0.3 is 10.2 Å². The van der Waals surface area contributed by atoms with Crippen molar-refractivity contribution in [2.24, 2.45) is 0 Å². The first-order valence-electron chi connectivity index (χ1n) is 12.4. The molecule has 1 aromatic carbocycles.